The number of fused-ring (bicyclic) bond motifs is 1. The Morgan fingerprint density at radius 1 is 1.38 bits per heavy atom. The highest BCUT2D eigenvalue weighted by Crippen LogP contribution is 2.38. The van der Waals surface area contributed by atoms with Crippen LogP contribution in [-0.2, 0) is 4.74 Å². The molecule has 3 heterocycles. The molecular formula is C14H21N5O2. The van der Waals surface area contributed by atoms with Crippen molar-refractivity contribution >= 4 is 16.9 Å². The number of nitrogens with zero attached hydrogens (tertiary/aromatic N) is 3. The van der Waals surface area contributed by atoms with Gasteiger partial charge >= 0.3 is 0 Å². The van der Waals surface area contributed by atoms with Gasteiger partial charge in [0.2, 0.25) is 0 Å². The van der Waals surface area contributed by atoms with E-state index in [9.17, 15) is 5.11 Å². The van der Waals surface area contributed by atoms with E-state index in [1.807, 2.05) is 0 Å². The van der Waals surface area contributed by atoms with Crippen molar-refractivity contribution in [2.24, 2.45) is 5.41 Å². The van der Waals surface area contributed by atoms with Gasteiger partial charge in [0.1, 0.15) is 12.1 Å². The summed E-state index contributed by atoms with van der Waals surface area (Å²) in [4.78, 5) is 8.38. The predicted octanol–water partition coefficient (Wildman–Crippen LogP) is 1.33. The molecule has 0 spiro atoms. The highest BCUT2D eigenvalue weighted by atomic mass is 16.5. The Labute approximate surface area is 123 Å². The molecule has 7 heteroatoms. The van der Waals surface area contributed by atoms with Crippen LogP contribution >= 0.6 is 0 Å². The molecule has 0 aliphatic carbocycles. The third-order valence-corrected chi connectivity index (χ3v) is 4.53. The molecule has 1 aliphatic rings. The summed E-state index contributed by atoms with van der Waals surface area (Å²) in [5, 5.41) is 21.9. The first-order valence-electron chi connectivity index (χ1n) is 7.20. The van der Waals surface area contributed by atoms with Crippen LogP contribution in [-0.4, -0.2) is 50.6 Å². The van der Waals surface area contributed by atoms with Gasteiger partial charge in [0.15, 0.2) is 5.65 Å². The molecule has 7 nitrogen and oxygen atoms in total. The molecule has 0 radical (unpaired) electrons. The van der Waals surface area contributed by atoms with Crippen molar-refractivity contribution in [1.29, 1.82) is 0 Å². The Balaban J connectivity index is 1.75. The van der Waals surface area contributed by atoms with Gasteiger partial charge in [0, 0.05) is 38.0 Å². The molecule has 21 heavy (non-hydrogen) atoms. The highest BCUT2D eigenvalue weighted by Gasteiger charge is 2.44. The molecule has 0 aromatic carbocycles. The van der Waals surface area contributed by atoms with Gasteiger partial charge in [-0.15, -0.1) is 0 Å². The number of H-pyrrole nitrogens is 1. The molecule has 3 N–H and O–H groups in total. The Kier molecular flexibility index (Phi) is 3.54. The number of nitrogens with one attached hydrogen (secondary N) is 2. The average molecular weight is 291 g/mol. The van der Waals surface area contributed by atoms with E-state index >= 15 is 0 Å². The van der Waals surface area contributed by atoms with Crippen molar-refractivity contribution in [3.8, 4) is 0 Å². The fourth-order valence-corrected chi connectivity index (χ4v) is 2.76. The third-order valence-electron chi connectivity index (χ3n) is 4.53. The van der Waals surface area contributed by atoms with Gasteiger partial charge in [-0.2, -0.15) is 5.10 Å². The van der Waals surface area contributed by atoms with E-state index in [1.54, 1.807) is 6.20 Å². The second-order valence-corrected chi connectivity index (χ2v) is 6.24. The van der Waals surface area contributed by atoms with Crippen LogP contribution < -0.4 is 5.32 Å². The number of hydrogen-bond acceptors (Lipinski definition) is 6. The first-order valence-corrected chi connectivity index (χ1v) is 7.20. The number of aliphatic hydroxyl groups is 1. The topological polar surface area (TPSA) is 96.0 Å². The summed E-state index contributed by atoms with van der Waals surface area (Å²) in [6.45, 7) is 5.97. The smallest absolute Gasteiger partial charge is 0.160 e. The normalized spacial score (nSPS) is 18.8. The van der Waals surface area contributed by atoms with E-state index < -0.39 is 5.60 Å². The third kappa shape index (κ3) is 2.58. The first-order chi connectivity index (χ1) is 10.0. The minimum atomic E-state index is -0.721. The van der Waals surface area contributed by atoms with E-state index in [4.69, 9.17) is 4.74 Å². The first kappa shape index (κ1) is 14.2. The SMILES string of the molecule is CC(C)(CNc1ncnc2[nH]ncc12)C1(O)CCOCC1. The molecule has 0 bridgehead atoms. The zero-order valence-electron chi connectivity index (χ0n) is 12.4. The van der Waals surface area contributed by atoms with Gasteiger partial charge < -0.3 is 15.2 Å². The van der Waals surface area contributed by atoms with Crippen molar-refractivity contribution in [3.63, 3.8) is 0 Å². The van der Waals surface area contributed by atoms with E-state index in [-0.39, 0.29) is 5.41 Å². The Morgan fingerprint density at radius 2 is 2.14 bits per heavy atom. The molecule has 0 atom stereocenters. The lowest BCUT2D eigenvalue weighted by Crippen LogP contribution is -2.51. The zero-order valence-corrected chi connectivity index (χ0v) is 12.4. The van der Waals surface area contributed by atoms with E-state index in [2.05, 4.69) is 39.3 Å². The number of rotatable bonds is 4. The Morgan fingerprint density at radius 3 is 2.90 bits per heavy atom. The number of hydrogen-bond donors (Lipinski definition) is 3. The lowest BCUT2D eigenvalue weighted by Gasteiger charge is -2.45. The van der Waals surface area contributed by atoms with Crippen LogP contribution in [0.5, 0.6) is 0 Å². The minimum Gasteiger partial charge on any atom is -0.389 e. The second kappa shape index (κ2) is 5.23. The summed E-state index contributed by atoms with van der Waals surface area (Å²) >= 11 is 0. The summed E-state index contributed by atoms with van der Waals surface area (Å²) in [5.41, 5.74) is -0.312. The minimum absolute atomic E-state index is 0.294. The highest BCUT2D eigenvalue weighted by molar-refractivity contribution is 5.85. The molecule has 1 aliphatic heterocycles. The molecule has 114 valence electrons. The van der Waals surface area contributed by atoms with Crippen LogP contribution in [0.3, 0.4) is 0 Å². The van der Waals surface area contributed by atoms with Crippen LogP contribution in [0.4, 0.5) is 5.82 Å². The van der Waals surface area contributed by atoms with Crippen molar-refractivity contribution < 1.29 is 9.84 Å². The van der Waals surface area contributed by atoms with E-state index in [0.717, 1.165) is 11.2 Å². The number of aromatic nitrogens is 4. The molecule has 0 unspecified atom stereocenters. The van der Waals surface area contributed by atoms with Crippen LogP contribution in [0.25, 0.3) is 11.0 Å². The average Bonchev–Trinajstić information content (AvgIpc) is 2.95. The molecule has 0 saturated carbocycles. The summed E-state index contributed by atoms with van der Waals surface area (Å²) in [6.07, 6.45) is 4.52. The molecule has 2 aromatic rings. The van der Waals surface area contributed by atoms with Crippen LogP contribution in [0.1, 0.15) is 26.7 Å². The van der Waals surface area contributed by atoms with Gasteiger partial charge in [-0.05, 0) is 0 Å². The van der Waals surface area contributed by atoms with Gasteiger partial charge in [-0.25, -0.2) is 9.97 Å². The monoisotopic (exact) mass is 291 g/mol. The second-order valence-electron chi connectivity index (χ2n) is 6.24. The van der Waals surface area contributed by atoms with Gasteiger partial charge in [0.25, 0.3) is 0 Å². The number of ether oxygens (including phenoxy) is 1. The maximum absolute atomic E-state index is 10.9. The maximum Gasteiger partial charge on any atom is 0.160 e. The fourth-order valence-electron chi connectivity index (χ4n) is 2.76. The zero-order chi connectivity index (χ0) is 14.9. The lowest BCUT2D eigenvalue weighted by molar-refractivity contribution is -0.127. The van der Waals surface area contributed by atoms with Crippen molar-refractivity contribution in [2.75, 3.05) is 25.1 Å². The van der Waals surface area contributed by atoms with Gasteiger partial charge in [-0.1, -0.05) is 13.8 Å². The fraction of sp³-hybridized carbons (Fsp3) is 0.643. The predicted molar refractivity (Wildman–Crippen MR) is 79.0 cm³/mol. The largest absolute Gasteiger partial charge is 0.389 e. The number of aromatic amines is 1. The van der Waals surface area contributed by atoms with E-state index in [0.29, 0.717) is 38.2 Å². The lowest BCUT2D eigenvalue weighted by atomic mass is 9.70. The molecule has 1 fully saturated rings. The Hall–Kier alpha value is -1.73. The molecular weight excluding hydrogens is 270 g/mol. The number of anilines is 1. The van der Waals surface area contributed by atoms with Crippen LogP contribution in [0.15, 0.2) is 12.5 Å². The van der Waals surface area contributed by atoms with Crippen molar-refractivity contribution in [1.82, 2.24) is 20.2 Å². The Bertz CT molecular complexity index is 619. The van der Waals surface area contributed by atoms with Gasteiger partial charge in [0.05, 0.1) is 17.2 Å². The molecule has 2 aromatic heterocycles. The summed E-state index contributed by atoms with van der Waals surface area (Å²) in [7, 11) is 0. The van der Waals surface area contributed by atoms with Gasteiger partial charge in [-0.3, -0.25) is 5.10 Å². The molecule has 0 amide bonds. The molecule has 1 saturated heterocycles. The summed E-state index contributed by atoms with van der Waals surface area (Å²) < 4.78 is 5.36. The van der Waals surface area contributed by atoms with Crippen LogP contribution in [0.2, 0.25) is 0 Å². The van der Waals surface area contributed by atoms with Crippen LogP contribution in [0, 0.1) is 5.41 Å². The summed E-state index contributed by atoms with van der Waals surface area (Å²) in [6, 6.07) is 0. The maximum atomic E-state index is 10.9. The summed E-state index contributed by atoms with van der Waals surface area (Å²) in [5.74, 6) is 0.734. The van der Waals surface area contributed by atoms with Crippen molar-refractivity contribution in [2.45, 2.75) is 32.3 Å². The van der Waals surface area contributed by atoms with Crippen molar-refractivity contribution in [3.05, 3.63) is 12.5 Å². The standard InChI is InChI=1S/C14H21N5O2/c1-13(2,14(20)3-5-21-6-4-14)8-15-11-10-7-18-19-12(10)17-9-16-11/h7,9,20H,3-6,8H2,1-2H3,(H2,15,16,17,18,19). The quantitative estimate of drug-likeness (QED) is 0.786. The molecule has 3 rings (SSSR count). The van der Waals surface area contributed by atoms with E-state index in [1.165, 1.54) is 6.33 Å².